The molecule has 0 saturated carbocycles. The fourth-order valence-corrected chi connectivity index (χ4v) is 4.15. The van der Waals surface area contributed by atoms with E-state index in [-0.39, 0.29) is 11.6 Å². The Morgan fingerprint density at radius 1 is 1.10 bits per heavy atom. The Balaban J connectivity index is 1.89. The first kappa shape index (κ1) is 20.5. The molecule has 5 nitrogen and oxygen atoms in total. The predicted molar refractivity (Wildman–Crippen MR) is 123 cm³/mol. The van der Waals surface area contributed by atoms with Crippen LogP contribution in [0.4, 0.5) is 0 Å². The van der Waals surface area contributed by atoms with E-state index >= 15 is 0 Å². The third-order valence-electron chi connectivity index (χ3n) is 5.65. The topological polar surface area (TPSA) is 59.8 Å². The molecule has 0 radical (unpaired) electrons. The van der Waals surface area contributed by atoms with Crippen LogP contribution in [0.1, 0.15) is 36.9 Å². The van der Waals surface area contributed by atoms with Gasteiger partial charge in [0, 0.05) is 17.6 Å². The Morgan fingerprint density at radius 2 is 1.90 bits per heavy atom. The number of rotatable bonds is 7. The van der Waals surface area contributed by atoms with Crippen LogP contribution in [-0.2, 0) is 6.42 Å². The van der Waals surface area contributed by atoms with Gasteiger partial charge in [-0.15, -0.1) is 0 Å². The molecule has 30 heavy (non-hydrogen) atoms. The Kier molecular flexibility index (Phi) is 6.11. The van der Waals surface area contributed by atoms with Gasteiger partial charge in [0.2, 0.25) is 0 Å². The van der Waals surface area contributed by atoms with E-state index in [0.29, 0.717) is 17.0 Å². The van der Waals surface area contributed by atoms with E-state index in [2.05, 4.69) is 23.3 Å². The molecule has 6 heteroatoms. The fourth-order valence-electron chi connectivity index (χ4n) is 4.04. The standard InChI is InChI=1S/C24H25ClN4O/c1-3-18(10-11-26-2)29-15-28-23-20-7-5-4-6-19(20)17(13-21(23)24(29)30)12-16-8-9-22(25)27-14-16/h4-9,13-15,18,26H,3,10-12H2,1-2H3. The average Bonchev–Trinajstić information content (AvgIpc) is 2.77. The zero-order valence-electron chi connectivity index (χ0n) is 17.2. The Bertz CT molecular complexity index is 1230. The lowest BCUT2D eigenvalue weighted by molar-refractivity contribution is 0.432. The van der Waals surface area contributed by atoms with Gasteiger partial charge in [0.15, 0.2) is 0 Å². The lowest BCUT2D eigenvalue weighted by Crippen LogP contribution is -2.27. The molecule has 1 unspecified atom stereocenters. The van der Waals surface area contributed by atoms with Gasteiger partial charge in [-0.1, -0.05) is 48.9 Å². The van der Waals surface area contributed by atoms with Crippen molar-refractivity contribution in [2.24, 2.45) is 0 Å². The second-order valence-corrected chi connectivity index (χ2v) is 7.94. The highest BCUT2D eigenvalue weighted by Crippen LogP contribution is 2.28. The Morgan fingerprint density at radius 3 is 2.60 bits per heavy atom. The predicted octanol–water partition coefficient (Wildman–Crippen LogP) is 4.75. The van der Waals surface area contributed by atoms with E-state index in [9.17, 15) is 4.79 Å². The second-order valence-electron chi connectivity index (χ2n) is 7.55. The third kappa shape index (κ3) is 3.95. The van der Waals surface area contributed by atoms with Crippen molar-refractivity contribution >= 4 is 33.3 Å². The highest BCUT2D eigenvalue weighted by molar-refractivity contribution is 6.29. The minimum Gasteiger partial charge on any atom is -0.320 e. The van der Waals surface area contributed by atoms with Crippen LogP contribution in [0.5, 0.6) is 0 Å². The summed E-state index contributed by atoms with van der Waals surface area (Å²) in [6.45, 7) is 2.96. The molecule has 0 aliphatic carbocycles. The minimum atomic E-state index is 0.0178. The van der Waals surface area contributed by atoms with Gasteiger partial charge in [-0.3, -0.25) is 9.36 Å². The maximum atomic E-state index is 13.5. The first-order valence-electron chi connectivity index (χ1n) is 10.3. The van der Waals surface area contributed by atoms with Gasteiger partial charge >= 0.3 is 0 Å². The molecule has 4 aromatic rings. The van der Waals surface area contributed by atoms with E-state index in [0.717, 1.165) is 46.8 Å². The number of nitrogens with zero attached hydrogens (tertiary/aromatic N) is 3. The number of hydrogen-bond acceptors (Lipinski definition) is 4. The summed E-state index contributed by atoms with van der Waals surface area (Å²) in [5, 5.41) is 6.41. The summed E-state index contributed by atoms with van der Waals surface area (Å²) >= 11 is 5.94. The lowest BCUT2D eigenvalue weighted by atomic mass is 9.96. The normalized spacial score (nSPS) is 12.5. The van der Waals surface area contributed by atoms with Crippen molar-refractivity contribution in [2.45, 2.75) is 32.2 Å². The van der Waals surface area contributed by atoms with Crippen molar-refractivity contribution in [3.63, 3.8) is 0 Å². The molecule has 2 heterocycles. The van der Waals surface area contributed by atoms with Crippen molar-refractivity contribution in [1.29, 1.82) is 0 Å². The number of halogens is 1. The van der Waals surface area contributed by atoms with Gasteiger partial charge in [0.25, 0.3) is 5.56 Å². The summed E-state index contributed by atoms with van der Waals surface area (Å²) in [6, 6.07) is 14.0. The van der Waals surface area contributed by atoms with Crippen LogP contribution in [0, 0.1) is 0 Å². The van der Waals surface area contributed by atoms with Gasteiger partial charge in [-0.2, -0.15) is 0 Å². The van der Waals surface area contributed by atoms with Crippen LogP contribution in [0.2, 0.25) is 5.15 Å². The maximum Gasteiger partial charge on any atom is 0.261 e. The first-order valence-corrected chi connectivity index (χ1v) is 10.7. The van der Waals surface area contributed by atoms with Gasteiger partial charge in [0.05, 0.1) is 17.2 Å². The molecule has 2 aromatic heterocycles. The molecule has 2 aromatic carbocycles. The van der Waals surface area contributed by atoms with Gasteiger partial charge in [-0.05, 0) is 61.5 Å². The minimum absolute atomic E-state index is 0.0178. The SMILES string of the molecule is CCC(CCNC)n1cnc2c(cc(Cc3ccc(Cl)nc3)c3ccccc32)c1=O. The molecule has 0 saturated heterocycles. The van der Waals surface area contributed by atoms with E-state index < -0.39 is 0 Å². The summed E-state index contributed by atoms with van der Waals surface area (Å²) in [4.78, 5) is 22.4. The Hall–Kier alpha value is -2.76. The van der Waals surface area contributed by atoms with E-state index in [1.54, 1.807) is 23.2 Å². The molecule has 4 rings (SSSR count). The molecule has 0 spiro atoms. The quantitative estimate of drug-likeness (QED) is 0.346. The van der Waals surface area contributed by atoms with Gasteiger partial charge < -0.3 is 5.32 Å². The van der Waals surface area contributed by atoms with Gasteiger partial charge in [0.1, 0.15) is 5.15 Å². The van der Waals surface area contributed by atoms with Crippen LogP contribution in [0.25, 0.3) is 21.7 Å². The number of pyridine rings is 1. The summed E-state index contributed by atoms with van der Waals surface area (Å²) in [5.41, 5.74) is 2.91. The molecule has 0 amide bonds. The molecule has 0 bridgehead atoms. The summed E-state index contributed by atoms with van der Waals surface area (Å²) in [5.74, 6) is 0. The number of hydrogen-bond donors (Lipinski definition) is 1. The molecular formula is C24H25ClN4O. The second kappa shape index (κ2) is 8.94. The van der Waals surface area contributed by atoms with Crippen LogP contribution in [0.3, 0.4) is 0 Å². The van der Waals surface area contributed by atoms with Crippen molar-refractivity contribution in [3.05, 3.63) is 81.6 Å². The van der Waals surface area contributed by atoms with Crippen molar-refractivity contribution in [1.82, 2.24) is 19.9 Å². The molecule has 0 fully saturated rings. The molecule has 1 atom stereocenters. The molecular weight excluding hydrogens is 396 g/mol. The van der Waals surface area contributed by atoms with E-state index in [4.69, 9.17) is 16.6 Å². The molecule has 154 valence electrons. The third-order valence-corrected chi connectivity index (χ3v) is 5.88. The monoisotopic (exact) mass is 420 g/mol. The largest absolute Gasteiger partial charge is 0.320 e. The number of nitrogens with one attached hydrogen (secondary N) is 1. The highest BCUT2D eigenvalue weighted by atomic mass is 35.5. The molecule has 0 aliphatic heterocycles. The highest BCUT2D eigenvalue weighted by Gasteiger charge is 2.16. The van der Waals surface area contributed by atoms with Crippen LogP contribution in [-0.4, -0.2) is 28.1 Å². The summed E-state index contributed by atoms with van der Waals surface area (Å²) in [6.07, 6.45) is 5.94. The molecule has 1 N–H and O–H groups in total. The summed E-state index contributed by atoms with van der Waals surface area (Å²) < 4.78 is 1.79. The van der Waals surface area contributed by atoms with Crippen LogP contribution >= 0.6 is 11.6 Å². The number of aromatic nitrogens is 3. The lowest BCUT2D eigenvalue weighted by Gasteiger charge is -2.19. The molecule has 0 aliphatic rings. The Labute approximate surface area is 180 Å². The zero-order chi connectivity index (χ0) is 21.1. The summed E-state index contributed by atoms with van der Waals surface area (Å²) in [7, 11) is 1.93. The smallest absolute Gasteiger partial charge is 0.261 e. The van der Waals surface area contributed by atoms with E-state index in [1.165, 1.54) is 0 Å². The van der Waals surface area contributed by atoms with Gasteiger partial charge in [-0.25, -0.2) is 9.97 Å². The van der Waals surface area contributed by atoms with E-state index in [1.807, 2.05) is 37.4 Å². The maximum absolute atomic E-state index is 13.5. The zero-order valence-corrected chi connectivity index (χ0v) is 18.0. The fraction of sp³-hybridized carbons (Fsp3) is 0.292. The van der Waals surface area contributed by atoms with Crippen molar-refractivity contribution in [3.8, 4) is 0 Å². The number of benzene rings is 2. The van der Waals surface area contributed by atoms with Crippen molar-refractivity contribution in [2.75, 3.05) is 13.6 Å². The first-order chi connectivity index (χ1) is 14.6. The van der Waals surface area contributed by atoms with Crippen LogP contribution in [0.15, 0.2) is 59.8 Å². The van der Waals surface area contributed by atoms with Crippen LogP contribution < -0.4 is 10.9 Å². The van der Waals surface area contributed by atoms with Crippen molar-refractivity contribution < 1.29 is 0 Å². The number of fused-ring (bicyclic) bond motifs is 3. The average molecular weight is 421 g/mol.